The lowest BCUT2D eigenvalue weighted by atomic mass is 10.00. The largest absolute Gasteiger partial charge is 0.493 e. The van der Waals surface area contributed by atoms with Crippen LogP contribution in [0.4, 0.5) is 13.2 Å². The van der Waals surface area contributed by atoms with Crippen LogP contribution in [0.15, 0.2) is 18.2 Å². The van der Waals surface area contributed by atoms with Gasteiger partial charge in [0.05, 0.1) is 24.1 Å². The summed E-state index contributed by atoms with van der Waals surface area (Å²) in [5.41, 5.74) is 5.05. The minimum absolute atomic E-state index is 0.00692. The minimum Gasteiger partial charge on any atom is -0.330 e. The molecule has 35 heavy (non-hydrogen) atoms. The number of carbonyl (C=O) groups is 6. The monoisotopic (exact) mass is 498 g/mol. The molecule has 14 heteroatoms. The Labute approximate surface area is 196 Å². The van der Waals surface area contributed by atoms with Crippen LogP contribution in [0, 0.1) is 0 Å². The number of nitrogens with two attached hydrogens (primary N) is 1. The smallest absolute Gasteiger partial charge is 0.330 e. The van der Waals surface area contributed by atoms with Crippen LogP contribution in [-0.2, 0) is 30.4 Å². The summed E-state index contributed by atoms with van der Waals surface area (Å²) >= 11 is 0. The standard InChI is InChI=1S/C21H21F3N4O7/c22-21(23,24)20(34)35-27(9-2-1-8-25)15(30)10-11-4-3-5-12-16(11)19(33)28(18(12)32)13-6-7-14(29)26-17(13)31/h3-5,13H,1-2,6-10,25H2,(H,26,29,31). The quantitative estimate of drug-likeness (QED) is 0.307. The molecule has 1 atom stereocenters. The number of benzene rings is 1. The van der Waals surface area contributed by atoms with Crippen molar-refractivity contribution in [3.8, 4) is 0 Å². The molecule has 0 aromatic heterocycles. The second-order valence-corrected chi connectivity index (χ2v) is 7.83. The summed E-state index contributed by atoms with van der Waals surface area (Å²) in [7, 11) is 0. The second-order valence-electron chi connectivity index (χ2n) is 7.83. The first-order valence-corrected chi connectivity index (χ1v) is 10.6. The summed E-state index contributed by atoms with van der Waals surface area (Å²) in [6.45, 7) is -0.184. The number of rotatable bonds is 7. The zero-order valence-electron chi connectivity index (χ0n) is 18.2. The van der Waals surface area contributed by atoms with Crippen LogP contribution in [0.1, 0.15) is 52.0 Å². The average molecular weight is 498 g/mol. The number of nitrogens with zero attached hydrogens (tertiary/aromatic N) is 2. The molecule has 1 aromatic carbocycles. The molecule has 5 amide bonds. The molecule has 2 aliphatic rings. The van der Waals surface area contributed by atoms with Crippen molar-refractivity contribution in [3.63, 3.8) is 0 Å². The lowest BCUT2D eigenvalue weighted by Crippen LogP contribution is -2.54. The molecule has 2 heterocycles. The van der Waals surface area contributed by atoms with Crippen LogP contribution in [-0.4, -0.2) is 70.8 Å². The summed E-state index contributed by atoms with van der Waals surface area (Å²) in [6, 6.07) is 2.75. The van der Waals surface area contributed by atoms with E-state index < -0.39 is 54.1 Å². The summed E-state index contributed by atoms with van der Waals surface area (Å²) in [5, 5.41) is 2.31. The zero-order valence-corrected chi connectivity index (χ0v) is 18.2. The average Bonchev–Trinajstić information content (AvgIpc) is 3.03. The lowest BCUT2D eigenvalue weighted by molar-refractivity contribution is -0.237. The third-order valence-corrected chi connectivity index (χ3v) is 5.41. The summed E-state index contributed by atoms with van der Waals surface area (Å²) < 4.78 is 38.0. The molecule has 1 saturated heterocycles. The number of unbranched alkanes of at least 4 members (excludes halogenated alkanes) is 1. The number of fused-ring (bicyclic) bond motifs is 1. The number of hydrogen-bond donors (Lipinski definition) is 2. The predicted molar refractivity (Wildman–Crippen MR) is 109 cm³/mol. The van der Waals surface area contributed by atoms with Gasteiger partial charge in [0.25, 0.3) is 17.7 Å². The molecule has 1 aromatic rings. The van der Waals surface area contributed by atoms with Crippen LogP contribution >= 0.6 is 0 Å². The topological polar surface area (TPSA) is 156 Å². The van der Waals surface area contributed by atoms with Gasteiger partial charge >= 0.3 is 12.1 Å². The highest BCUT2D eigenvalue weighted by molar-refractivity contribution is 6.24. The Kier molecular flexibility index (Phi) is 7.53. The number of hydrogen-bond acceptors (Lipinski definition) is 8. The number of alkyl halides is 3. The highest BCUT2D eigenvalue weighted by atomic mass is 19.4. The third-order valence-electron chi connectivity index (χ3n) is 5.41. The van der Waals surface area contributed by atoms with Crippen LogP contribution < -0.4 is 11.1 Å². The van der Waals surface area contributed by atoms with E-state index in [1.54, 1.807) is 0 Å². The van der Waals surface area contributed by atoms with E-state index in [-0.39, 0.29) is 54.1 Å². The molecule has 3 rings (SSSR count). The van der Waals surface area contributed by atoms with Gasteiger partial charge in [-0.25, -0.2) is 4.79 Å². The van der Waals surface area contributed by atoms with E-state index in [2.05, 4.69) is 10.2 Å². The van der Waals surface area contributed by atoms with Crippen molar-refractivity contribution in [1.82, 2.24) is 15.3 Å². The number of imide groups is 2. The summed E-state index contributed by atoms with van der Waals surface area (Å²) in [4.78, 5) is 78.6. The summed E-state index contributed by atoms with van der Waals surface area (Å²) in [5.74, 6) is -6.71. The van der Waals surface area contributed by atoms with Crippen molar-refractivity contribution in [3.05, 3.63) is 34.9 Å². The van der Waals surface area contributed by atoms with Crippen molar-refractivity contribution < 1.29 is 46.8 Å². The van der Waals surface area contributed by atoms with Gasteiger partial charge in [-0.05, 0) is 37.4 Å². The first-order chi connectivity index (χ1) is 16.5. The van der Waals surface area contributed by atoms with Crippen LogP contribution in [0.2, 0.25) is 0 Å². The van der Waals surface area contributed by atoms with Gasteiger partial charge in [0, 0.05) is 6.42 Å². The Morgan fingerprint density at radius 1 is 1.14 bits per heavy atom. The molecular weight excluding hydrogens is 477 g/mol. The molecule has 1 unspecified atom stereocenters. The fraction of sp³-hybridized carbons (Fsp3) is 0.429. The van der Waals surface area contributed by atoms with E-state index in [0.29, 0.717) is 11.3 Å². The van der Waals surface area contributed by atoms with E-state index in [0.717, 1.165) is 0 Å². The Balaban J connectivity index is 1.84. The van der Waals surface area contributed by atoms with Crippen molar-refractivity contribution >= 4 is 35.5 Å². The minimum atomic E-state index is -5.34. The first-order valence-electron chi connectivity index (χ1n) is 10.6. The number of hydroxylamine groups is 2. The molecular formula is C21H21F3N4O7. The molecule has 0 radical (unpaired) electrons. The Morgan fingerprint density at radius 3 is 2.49 bits per heavy atom. The maximum Gasteiger partial charge on any atom is 0.493 e. The number of nitrogens with one attached hydrogen (secondary N) is 1. The zero-order chi connectivity index (χ0) is 25.9. The maximum atomic E-state index is 13.1. The van der Waals surface area contributed by atoms with Gasteiger partial charge in [-0.15, -0.1) is 0 Å². The fourth-order valence-corrected chi connectivity index (χ4v) is 3.76. The third kappa shape index (κ3) is 5.48. The first kappa shape index (κ1) is 25.8. The van der Waals surface area contributed by atoms with Crippen LogP contribution in [0.25, 0.3) is 0 Å². The highest BCUT2D eigenvalue weighted by Crippen LogP contribution is 2.30. The second kappa shape index (κ2) is 10.2. The number of piperidine rings is 1. The lowest BCUT2D eigenvalue weighted by Gasteiger charge is -2.27. The van der Waals surface area contributed by atoms with Gasteiger partial charge in [-0.1, -0.05) is 12.1 Å². The normalized spacial score (nSPS) is 17.8. The van der Waals surface area contributed by atoms with Crippen molar-refractivity contribution in [2.45, 2.75) is 44.3 Å². The van der Waals surface area contributed by atoms with E-state index in [4.69, 9.17) is 5.73 Å². The van der Waals surface area contributed by atoms with Gasteiger partial charge in [-0.3, -0.25) is 34.2 Å². The predicted octanol–water partition coefficient (Wildman–Crippen LogP) is 0.218. The molecule has 188 valence electrons. The van der Waals surface area contributed by atoms with Gasteiger partial charge in [0.1, 0.15) is 6.04 Å². The van der Waals surface area contributed by atoms with Crippen molar-refractivity contribution in [1.29, 1.82) is 0 Å². The van der Waals surface area contributed by atoms with Crippen molar-refractivity contribution in [2.75, 3.05) is 13.1 Å². The number of amides is 5. The van der Waals surface area contributed by atoms with E-state index in [1.165, 1.54) is 18.2 Å². The van der Waals surface area contributed by atoms with Gasteiger partial charge in [-0.2, -0.15) is 18.2 Å². The molecule has 0 spiro atoms. The van der Waals surface area contributed by atoms with Crippen LogP contribution in [0.3, 0.4) is 0 Å². The summed E-state index contributed by atoms with van der Waals surface area (Å²) in [6.07, 6.45) is -5.70. The highest BCUT2D eigenvalue weighted by Gasteiger charge is 2.46. The molecule has 2 aliphatic heterocycles. The Bertz CT molecular complexity index is 1090. The Hall–Kier alpha value is -3.81. The SMILES string of the molecule is NCCCCN(OC(=O)C(F)(F)F)C(=O)Cc1cccc2c1C(=O)N(C1CCC(=O)NC1=O)C2=O. The molecule has 0 saturated carbocycles. The fourth-order valence-electron chi connectivity index (χ4n) is 3.76. The van der Waals surface area contributed by atoms with Crippen molar-refractivity contribution in [2.24, 2.45) is 5.73 Å². The van der Waals surface area contributed by atoms with Gasteiger partial charge < -0.3 is 10.6 Å². The van der Waals surface area contributed by atoms with Crippen LogP contribution in [0.5, 0.6) is 0 Å². The molecule has 0 bridgehead atoms. The molecule has 11 nitrogen and oxygen atoms in total. The van der Waals surface area contributed by atoms with E-state index >= 15 is 0 Å². The molecule has 0 aliphatic carbocycles. The Morgan fingerprint density at radius 2 is 1.86 bits per heavy atom. The number of carbonyl (C=O) groups excluding carboxylic acids is 6. The number of halogens is 3. The van der Waals surface area contributed by atoms with E-state index in [1.807, 2.05) is 0 Å². The van der Waals surface area contributed by atoms with Gasteiger partial charge in [0.15, 0.2) is 0 Å². The molecule has 1 fully saturated rings. The van der Waals surface area contributed by atoms with Gasteiger partial charge in [0.2, 0.25) is 11.8 Å². The maximum absolute atomic E-state index is 13.1. The van der Waals surface area contributed by atoms with E-state index in [9.17, 15) is 41.9 Å². The molecule has 3 N–H and O–H groups in total.